The zero-order valence-electron chi connectivity index (χ0n) is 15.2. The first kappa shape index (κ1) is 18.9. The Balaban J connectivity index is 1.70. The van der Waals surface area contributed by atoms with E-state index in [9.17, 15) is 9.90 Å². The number of likely N-dealkylation sites (N-methyl/N-ethyl adjacent to an activating group) is 1. The molecule has 2 rings (SSSR count). The molecule has 1 atom stereocenters. The number of benzene rings is 1. The third kappa shape index (κ3) is 6.25. The number of amides is 1. The van der Waals surface area contributed by atoms with Crippen LogP contribution < -0.4 is 0 Å². The largest absolute Gasteiger partial charge is 0.388 e. The van der Waals surface area contributed by atoms with Crippen molar-refractivity contribution in [2.75, 3.05) is 33.7 Å². The van der Waals surface area contributed by atoms with E-state index in [1.54, 1.807) is 0 Å². The summed E-state index contributed by atoms with van der Waals surface area (Å²) in [4.78, 5) is 16.4. The van der Waals surface area contributed by atoms with Crippen molar-refractivity contribution in [2.45, 2.75) is 50.5 Å². The Labute approximate surface area is 146 Å². The molecule has 24 heavy (non-hydrogen) atoms. The van der Waals surface area contributed by atoms with Crippen LogP contribution in [0.4, 0.5) is 0 Å². The van der Waals surface area contributed by atoms with E-state index in [0.717, 1.165) is 38.6 Å². The number of unbranched alkanes of at least 4 members (excludes halogenated alkanes) is 1. The molecule has 0 unspecified atom stereocenters. The first-order chi connectivity index (χ1) is 11.5. The molecule has 0 aromatic heterocycles. The van der Waals surface area contributed by atoms with Gasteiger partial charge in [0.15, 0.2) is 0 Å². The van der Waals surface area contributed by atoms with Crippen LogP contribution in [-0.4, -0.2) is 60.1 Å². The van der Waals surface area contributed by atoms with E-state index in [2.05, 4.69) is 24.3 Å². The minimum atomic E-state index is -0.647. The van der Waals surface area contributed by atoms with Gasteiger partial charge >= 0.3 is 0 Å². The van der Waals surface area contributed by atoms with Crippen LogP contribution in [0, 0.1) is 0 Å². The summed E-state index contributed by atoms with van der Waals surface area (Å²) in [6.45, 7) is 2.14. The molecule has 134 valence electrons. The van der Waals surface area contributed by atoms with E-state index in [0.29, 0.717) is 25.9 Å². The number of likely N-dealkylation sites (tertiary alicyclic amines) is 1. The lowest BCUT2D eigenvalue weighted by Gasteiger charge is -2.30. The third-order valence-corrected chi connectivity index (χ3v) is 4.83. The molecule has 1 aromatic carbocycles. The lowest BCUT2D eigenvalue weighted by Crippen LogP contribution is -2.41. The summed E-state index contributed by atoms with van der Waals surface area (Å²) in [6.07, 6.45) is 6.00. The second kappa shape index (κ2) is 9.19. The zero-order chi connectivity index (χ0) is 17.4. The molecule has 1 aromatic rings. The van der Waals surface area contributed by atoms with Crippen molar-refractivity contribution in [2.24, 2.45) is 0 Å². The van der Waals surface area contributed by atoms with Gasteiger partial charge in [-0.3, -0.25) is 4.79 Å². The molecule has 1 heterocycles. The number of nitrogens with zero attached hydrogens (tertiary/aromatic N) is 2. The van der Waals surface area contributed by atoms with E-state index < -0.39 is 5.60 Å². The molecule has 4 nitrogen and oxygen atoms in total. The highest BCUT2D eigenvalue weighted by molar-refractivity contribution is 5.76. The number of hydrogen-bond acceptors (Lipinski definition) is 3. The van der Waals surface area contributed by atoms with Gasteiger partial charge in [0.05, 0.1) is 5.60 Å². The normalized spacial score (nSPS) is 21.8. The Kier molecular flexibility index (Phi) is 7.25. The van der Waals surface area contributed by atoms with Crippen molar-refractivity contribution in [1.29, 1.82) is 0 Å². The molecule has 0 spiro atoms. The molecule has 0 saturated carbocycles. The molecule has 1 fully saturated rings. The van der Waals surface area contributed by atoms with E-state index in [4.69, 9.17) is 0 Å². The average Bonchev–Trinajstić information content (AvgIpc) is 2.73. The second-order valence-electron chi connectivity index (χ2n) is 7.39. The smallest absolute Gasteiger partial charge is 0.222 e. The number of aliphatic hydroxyl groups is 1. The lowest BCUT2D eigenvalue weighted by molar-refractivity contribution is -0.131. The van der Waals surface area contributed by atoms with E-state index in [1.165, 1.54) is 5.56 Å². The summed E-state index contributed by atoms with van der Waals surface area (Å²) in [5.41, 5.74) is 0.694. The lowest BCUT2D eigenvalue weighted by atomic mass is 9.94. The molecular weight excluding hydrogens is 300 g/mol. The molecule has 1 amide bonds. The Bertz CT molecular complexity index is 504. The molecule has 1 saturated heterocycles. The maximum absolute atomic E-state index is 12.4. The predicted molar refractivity (Wildman–Crippen MR) is 97.9 cm³/mol. The van der Waals surface area contributed by atoms with Gasteiger partial charge in [0.2, 0.25) is 5.91 Å². The van der Waals surface area contributed by atoms with E-state index in [1.807, 2.05) is 30.0 Å². The summed E-state index contributed by atoms with van der Waals surface area (Å²) >= 11 is 0. The van der Waals surface area contributed by atoms with E-state index in [-0.39, 0.29) is 5.91 Å². The van der Waals surface area contributed by atoms with Crippen LogP contribution in [-0.2, 0) is 11.2 Å². The quantitative estimate of drug-likeness (QED) is 0.781. The maximum atomic E-state index is 12.4. The highest BCUT2D eigenvalue weighted by Gasteiger charge is 2.31. The van der Waals surface area contributed by atoms with Gasteiger partial charge in [0, 0.05) is 26.1 Å². The topological polar surface area (TPSA) is 43.8 Å². The summed E-state index contributed by atoms with van der Waals surface area (Å²) in [7, 11) is 3.97. The van der Waals surface area contributed by atoms with Crippen LogP contribution in [0.1, 0.15) is 44.1 Å². The molecule has 1 aliphatic heterocycles. The Morgan fingerprint density at radius 2 is 1.92 bits per heavy atom. The average molecular weight is 332 g/mol. The number of carbonyl (C=O) groups excluding carboxylic acids is 1. The minimum Gasteiger partial charge on any atom is -0.388 e. The number of rotatable bonds is 7. The van der Waals surface area contributed by atoms with Gasteiger partial charge in [-0.2, -0.15) is 0 Å². The Hall–Kier alpha value is -1.39. The van der Waals surface area contributed by atoms with Gasteiger partial charge in [-0.05, 0) is 58.2 Å². The first-order valence-electron chi connectivity index (χ1n) is 9.17. The summed E-state index contributed by atoms with van der Waals surface area (Å²) in [5, 5.41) is 10.7. The molecule has 4 heteroatoms. The van der Waals surface area contributed by atoms with Gasteiger partial charge in [0.25, 0.3) is 0 Å². The SMILES string of the molecule is CN(C)C[C@]1(O)CCCN(C(=O)CCCCc2ccccc2)CC1. The predicted octanol–water partition coefficient (Wildman–Crippen LogP) is 2.70. The molecule has 0 radical (unpaired) electrons. The van der Waals surface area contributed by atoms with Crippen LogP contribution in [0.3, 0.4) is 0 Å². The fourth-order valence-electron chi connectivity index (χ4n) is 3.58. The van der Waals surface area contributed by atoms with Crippen molar-refractivity contribution in [3.05, 3.63) is 35.9 Å². The minimum absolute atomic E-state index is 0.247. The van der Waals surface area contributed by atoms with Gasteiger partial charge in [0.1, 0.15) is 0 Å². The Morgan fingerprint density at radius 3 is 2.62 bits per heavy atom. The first-order valence-corrected chi connectivity index (χ1v) is 9.17. The fourth-order valence-corrected chi connectivity index (χ4v) is 3.58. The van der Waals surface area contributed by atoms with Crippen LogP contribution in [0.25, 0.3) is 0 Å². The van der Waals surface area contributed by atoms with E-state index >= 15 is 0 Å². The monoisotopic (exact) mass is 332 g/mol. The number of hydrogen-bond donors (Lipinski definition) is 1. The van der Waals surface area contributed by atoms with Crippen LogP contribution in [0.5, 0.6) is 0 Å². The van der Waals surface area contributed by atoms with Gasteiger partial charge in [-0.1, -0.05) is 30.3 Å². The second-order valence-corrected chi connectivity index (χ2v) is 7.39. The summed E-state index contributed by atoms with van der Waals surface area (Å²) in [5.74, 6) is 0.247. The standard InChI is InChI=1S/C20H32N2O2/c1-21(2)17-20(24)13-8-15-22(16-14-20)19(23)12-7-6-11-18-9-4-3-5-10-18/h3-5,9-10,24H,6-8,11-17H2,1-2H3/t20-/m0/s1. The van der Waals surface area contributed by atoms with Crippen molar-refractivity contribution in [1.82, 2.24) is 9.80 Å². The van der Waals surface area contributed by atoms with Gasteiger partial charge < -0.3 is 14.9 Å². The van der Waals surface area contributed by atoms with Crippen molar-refractivity contribution < 1.29 is 9.90 Å². The number of carbonyl (C=O) groups is 1. The van der Waals surface area contributed by atoms with Crippen molar-refractivity contribution in [3.8, 4) is 0 Å². The Morgan fingerprint density at radius 1 is 1.17 bits per heavy atom. The molecule has 0 aliphatic carbocycles. The van der Waals surface area contributed by atoms with Crippen LogP contribution >= 0.6 is 0 Å². The fraction of sp³-hybridized carbons (Fsp3) is 0.650. The molecular formula is C20H32N2O2. The van der Waals surface area contributed by atoms with Crippen LogP contribution in [0.2, 0.25) is 0 Å². The number of aryl methyl sites for hydroxylation is 1. The van der Waals surface area contributed by atoms with Crippen molar-refractivity contribution >= 4 is 5.91 Å². The zero-order valence-corrected chi connectivity index (χ0v) is 15.2. The maximum Gasteiger partial charge on any atom is 0.222 e. The highest BCUT2D eigenvalue weighted by atomic mass is 16.3. The van der Waals surface area contributed by atoms with Gasteiger partial charge in [-0.25, -0.2) is 0 Å². The molecule has 0 bridgehead atoms. The third-order valence-electron chi connectivity index (χ3n) is 4.83. The van der Waals surface area contributed by atoms with Gasteiger partial charge in [-0.15, -0.1) is 0 Å². The highest BCUT2D eigenvalue weighted by Crippen LogP contribution is 2.23. The van der Waals surface area contributed by atoms with Crippen LogP contribution in [0.15, 0.2) is 30.3 Å². The summed E-state index contributed by atoms with van der Waals surface area (Å²) < 4.78 is 0. The molecule has 1 N–H and O–H groups in total. The summed E-state index contributed by atoms with van der Waals surface area (Å²) in [6, 6.07) is 10.4. The molecule has 1 aliphatic rings. The van der Waals surface area contributed by atoms with Crippen molar-refractivity contribution in [3.63, 3.8) is 0 Å².